The summed E-state index contributed by atoms with van der Waals surface area (Å²) < 4.78 is 5.71. The van der Waals surface area contributed by atoms with Crippen molar-refractivity contribution in [3.63, 3.8) is 0 Å². The van der Waals surface area contributed by atoms with E-state index in [1.165, 1.54) is 4.90 Å². The third-order valence-electron chi connectivity index (χ3n) is 7.23. The minimum atomic E-state index is -0.819. The lowest BCUT2D eigenvalue weighted by Gasteiger charge is -2.38. The largest absolute Gasteiger partial charge is 0.425 e. The van der Waals surface area contributed by atoms with E-state index in [0.717, 1.165) is 27.8 Å². The maximum atomic E-state index is 13.8. The number of nitrogens with zero attached hydrogens (tertiary/aromatic N) is 1. The van der Waals surface area contributed by atoms with Gasteiger partial charge in [0.25, 0.3) is 0 Å². The highest BCUT2D eigenvalue weighted by molar-refractivity contribution is 6.24. The van der Waals surface area contributed by atoms with Crippen molar-refractivity contribution in [2.75, 3.05) is 4.90 Å². The monoisotopic (exact) mass is 449 g/mol. The van der Waals surface area contributed by atoms with Crippen LogP contribution in [0.25, 0.3) is 5.57 Å². The van der Waals surface area contributed by atoms with E-state index in [2.05, 4.69) is 0 Å². The summed E-state index contributed by atoms with van der Waals surface area (Å²) in [6.45, 7) is 3.90. The molecule has 2 heterocycles. The SMILES string of the molecule is Cc1ccc(N2C(=O)[C@@H]3[C@@H]4C(=O)Oc5cc(C)ccc5C4=C[C@H](c4ccccc4)[C@H]3C2=O)cc1. The van der Waals surface area contributed by atoms with Crippen molar-refractivity contribution in [3.8, 4) is 5.75 Å². The molecule has 0 saturated carbocycles. The Hall–Kier alpha value is -3.99. The number of amides is 2. The number of carbonyl (C=O) groups is 3. The number of imide groups is 1. The quantitative estimate of drug-likeness (QED) is 0.320. The van der Waals surface area contributed by atoms with E-state index in [0.29, 0.717) is 11.4 Å². The molecule has 2 amide bonds. The molecule has 5 heteroatoms. The third kappa shape index (κ3) is 2.97. The molecule has 0 bridgehead atoms. The molecule has 3 aliphatic rings. The minimum Gasteiger partial charge on any atom is -0.425 e. The minimum absolute atomic E-state index is 0.273. The van der Waals surface area contributed by atoms with Crippen LogP contribution in [0, 0.1) is 31.6 Å². The van der Waals surface area contributed by atoms with Gasteiger partial charge in [0.1, 0.15) is 5.75 Å². The second-order valence-corrected chi connectivity index (χ2v) is 9.36. The molecule has 5 nitrogen and oxygen atoms in total. The number of carbonyl (C=O) groups excluding carboxylic acids is 3. The second kappa shape index (κ2) is 7.52. The highest BCUT2D eigenvalue weighted by atomic mass is 16.5. The number of aryl methyl sites for hydroxylation is 2. The van der Waals surface area contributed by atoms with Crippen LogP contribution >= 0.6 is 0 Å². The van der Waals surface area contributed by atoms with Gasteiger partial charge < -0.3 is 4.74 Å². The molecular formula is C29H23NO4. The van der Waals surface area contributed by atoms with Crippen LogP contribution in [0.15, 0.2) is 78.9 Å². The Balaban J connectivity index is 1.55. The summed E-state index contributed by atoms with van der Waals surface area (Å²) in [4.78, 5) is 42.2. The van der Waals surface area contributed by atoms with Crippen LogP contribution in [0.1, 0.15) is 28.2 Å². The average Bonchev–Trinajstić information content (AvgIpc) is 3.10. The van der Waals surface area contributed by atoms with Crippen molar-refractivity contribution in [1.29, 1.82) is 0 Å². The Kier molecular flexibility index (Phi) is 4.56. The van der Waals surface area contributed by atoms with Crippen LogP contribution in [-0.4, -0.2) is 17.8 Å². The molecule has 0 spiro atoms. The summed E-state index contributed by atoms with van der Waals surface area (Å²) in [5.74, 6) is -3.22. The summed E-state index contributed by atoms with van der Waals surface area (Å²) in [7, 11) is 0. The number of allylic oxidation sites excluding steroid dienone is 1. The summed E-state index contributed by atoms with van der Waals surface area (Å²) in [5.41, 5.74) is 5.08. The maximum Gasteiger partial charge on any atom is 0.319 e. The van der Waals surface area contributed by atoms with Crippen LogP contribution < -0.4 is 9.64 Å². The van der Waals surface area contributed by atoms with Crippen molar-refractivity contribution in [2.24, 2.45) is 17.8 Å². The fraction of sp³-hybridized carbons (Fsp3) is 0.207. The molecule has 2 aliphatic heterocycles. The lowest BCUT2D eigenvalue weighted by Crippen LogP contribution is -2.42. The van der Waals surface area contributed by atoms with Crippen LogP contribution in [0.4, 0.5) is 5.69 Å². The molecule has 1 saturated heterocycles. The number of fused-ring (bicyclic) bond motifs is 5. The number of ether oxygens (including phenoxy) is 1. The van der Waals surface area contributed by atoms with Gasteiger partial charge in [-0.1, -0.05) is 66.2 Å². The molecule has 1 fully saturated rings. The second-order valence-electron chi connectivity index (χ2n) is 9.36. The molecule has 4 atom stereocenters. The van der Waals surface area contributed by atoms with E-state index in [1.807, 2.05) is 80.6 Å². The fourth-order valence-corrected chi connectivity index (χ4v) is 5.62. The van der Waals surface area contributed by atoms with Crippen LogP contribution in [0.2, 0.25) is 0 Å². The van der Waals surface area contributed by atoms with Crippen molar-refractivity contribution < 1.29 is 19.1 Å². The first kappa shape index (κ1) is 20.6. The Morgan fingerprint density at radius 2 is 1.44 bits per heavy atom. The van der Waals surface area contributed by atoms with Gasteiger partial charge in [-0.15, -0.1) is 0 Å². The Labute approximate surface area is 197 Å². The lowest BCUT2D eigenvalue weighted by molar-refractivity contribution is -0.142. The van der Waals surface area contributed by atoms with Gasteiger partial charge in [0.2, 0.25) is 11.8 Å². The van der Waals surface area contributed by atoms with Gasteiger partial charge in [0.05, 0.1) is 23.4 Å². The predicted molar refractivity (Wildman–Crippen MR) is 128 cm³/mol. The molecule has 1 aliphatic carbocycles. The maximum absolute atomic E-state index is 13.8. The molecule has 0 N–H and O–H groups in total. The van der Waals surface area contributed by atoms with E-state index in [4.69, 9.17) is 4.74 Å². The smallest absolute Gasteiger partial charge is 0.319 e. The highest BCUT2D eigenvalue weighted by Gasteiger charge is 2.60. The first-order valence-corrected chi connectivity index (χ1v) is 11.5. The molecular weight excluding hydrogens is 426 g/mol. The number of hydrogen-bond donors (Lipinski definition) is 0. The average molecular weight is 450 g/mol. The van der Waals surface area contributed by atoms with Gasteiger partial charge in [0, 0.05) is 11.5 Å². The zero-order chi connectivity index (χ0) is 23.6. The van der Waals surface area contributed by atoms with Gasteiger partial charge in [-0.2, -0.15) is 0 Å². The third-order valence-corrected chi connectivity index (χ3v) is 7.23. The zero-order valence-corrected chi connectivity index (χ0v) is 18.9. The summed E-state index contributed by atoms with van der Waals surface area (Å²) >= 11 is 0. The predicted octanol–water partition coefficient (Wildman–Crippen LogP) is 4.83. The molecule has 6 rings (SSSR count). The van der Waals surface area contributed by atoms with E-state index in [-0.39, 0.29) is 17.7 Å². The molecule has 0 unspecified atom stereocenters. The van der Waals surface area contributed by atoms with Crippen molar-refractivity contribution in [3.05, 3.63) is 101 Å². The van der Waals surface area contributed by atoms with Gasteiger partial charge in [0.15, 0.2) is 0 Å². The van der Waals surface area contributed by atoms with E-state index in [9.17, 15) is 14.4 Å². The van der Waals surface area contributed by atoms with Crippen molar-refractivity contribution >= 4 is 29.0 Å². The molecule has 3 aromatic rings. The van der Waals surface area contributed by atoms with Crippen LogP contribution in [0.3, 0.4) is 0 Å². The van der Waals surface area contributed by atoms with E-state index < -0.39 is 23.7 Å². The van der Waals surface area contributed by atoms with Gasteiger partial charge in [-0.25, -0.2) is 4.90 Å². The number of hydrogen-bond acceptors (Lipinski definition) is 4. The lowest BCUT2D eigenvalue weighted by atomic mass is 9.64. The highest BCUT2D eigenvalue weighted by Crippen LogP contribution is 2.54. The van der Waals surface area contributed by atoms with E-state index in [1.54, 1.807) is 12.1 Å². The Bertz CT molecular complexity index is 1370. The molecule has 0 radical (unpaired) electrons. The van der Waals surface area contributed by atoms with Crippen molar-refractivity contribution in [1.82, 2.24) is 0 Å². The number of esters is 1. The molecule has 34 heavy (non-hydrogen) atoms. The first-order valence-electron chi connectivity index (χ1n) is 11.5. The van der Waals surface area contributed by atoms with Crippen LogP contribution in [-0.2, 0) is 14.4 Å². The standard InChI is InChI=1S/C29H23NO4/c1-16-8-11-19(12-9-16)30-27(31)24-21(18-6-4-3-5-7-18)15-22-20-13-10-17(2)14-23(20)34-29(33)25(22)26(24)28(30)32/h3-15,21,24-26H,1-2H3/t21-,24-,25-,26+/m1/s1. The Morgan fingerprint density at radius 1 is 0.765 bits per heavy atom. The molecule has 3 aromatic carbocycles. The van der Waals surface area contributed by atoms with Gasteiger partial charge in [-0.05, 0) is 48.7 Å². The topological polar surface area (TPSA) is 63.7 Å². The zero-order valence-electron chi connectivity index (χ0n) is 18.9. The molecule has 0 aromatic heterocycles. The van der Waals surface area contributed by atoms with Crippen molar-refractivity contribution in [2.45, 2.75) is 19.8 Å². The summed E-state index contributed by atoms with van der Waals surface area (Å²) in [6.07, 6.45) is 2.01. The number of rotatable bonds is 2. The van der Waals surface area contributed by atoms with Gasteiger partial charge in [-0.3, -0.25) is 14.4 Å². The fourth-order valence-electron chi connectivity index (χ4n) is 5.62. The Morgan fingerprint density at radius 3 is 2.18 bits per heavy atom. The first-order chi connectivity index (χ1) is 16.4. The summed E-state index contributed by atoms with van der Waals surface area (Å²) in [6, 6.07) is 22.8. The molecule has 168 valence electrons. The normalized spacial score (nSPS) is 25.3. The van der Waals surface area contributed by atoms with Gasteiger partial charge >= 0.3 is 5.97 Å². The number of benzene rings is 3. The van der Waals surface area contributed by atoms with Crippen LogP contribution in [0.5, 0.6) is 5.75 Å². The van der Waals surface area contributed by atoms with E-state index >= 15 is 0 Å². The summed E-state index contributed by atoms with van der Waals surface area (Å²) in [5, 5.41) is 0. The number of anilines is 1.